The number of nitrogens with two attached hydrogens (primary N) is 1. The van der Waals surface area contributed by atoms with E-state index in [2.05, 4.69) is 0 Å². The number of rotatable bonds is 8. The molecule has 0 radical (unpaired) electrons. The fraction of sp³-hybridized carbons (Fsp3) is 0.500. The second-order valence-corrected chi connectivity index (χ2v) is 3.94. The molecule has 1 rings (SSSR count). The summed E-state index contributed by atoms with van der Waals surface area (Å²) in [6.07, 6.45) is 0.965. The third-order valence-electron chi connectivity index (χ3n) is 2.33. The van der Waals surface area contributed by atoms with Gasteiger partial charge >= 0.3 is 5.97 Å². The second-order valence-electron chi connectivity index (χ2n) is 3.94. The average molecular weight is 267 g/mol. The normalized spacial score (nSPS) is 10.2. The van der Waals surface area contributed by atoms with Gasteiger partial charge in [-0.05, 0) is 25.5 Å². The first-order chi connectivity index (χ1) is 9.19. The number of hydrogen-bond acceptors (Lipinski definition) is 5. The van der Waals surface area contributed by atoms with Crippen LogP contribution in [0.15, 0.2) is 18.2 Å². The molecule has 0 unspecified atom stereocenters. The summed E-state index contributed by atoms with van der Waals surface area (Å²) in [7, 11) is 0. The predicted molar refractivity (Wildman–Crippen MR) is 73.4 cm³/mol. The fourth-order valence-electron chi connectivity index (χ4n) is 1.49. The third-order valence-corrected chi connectivity index (χ3v) is 2.33. The lowest BCUT2D eigenvalue weighted by atomic mass is 10.2. The van der Waals surface area contributed by atoms with Gasteiger partial charge in [-0.25, -0.2) is 4.79 Å². The van der Waals surface area contributed by atoms with E-state index in [1.165, 1.54) is 0 Å². The monoisotopic (exact) mass is 267 g/mol. The molecule has 5 nitrogen and oxygen atoms in total. The zero-order chi connectivity index (χ0) is 14.1. The molecule has 0 saturated carbocycles. The highest BCUT2D eigenvalue weighted by Crippen LogP contribution is 2.22. The summed E-state index contributed by atoms with van der Waals surface area (Å²) in [6.45, 7) is 5.67. The number of carbonyl (C=O) groups excluding carboxylic acids is 1. The van der Waals surface area contributed by atoms with E-state index in [4.69, 9.17) is 19.9 Å². The molecule has 5 heteroatoms. The molecule has 106 valence electrons. The topological polar surface area (TPSA) is 70.8 Å². The molecule has 19 heavy (non-hydrogen) atoms. The van der Waals surface area contributed by atoms with Crippen LogP contribution in [0.25, 0.3) is 0 Å². The molecule has 2 N–H and O–H groups in total. The maximum absolute atomic E-state index is 11.7. The van der Waals surface area contributed by atoms with Crippen LogP contribution in [0.3, 0.4) is 0 Å². The van der Waals surface area contributed by atoms with Gasteiger partial charge in [0.05, 0.1) is 13.2 Å². The van der Waals surface area contributed by atoms with Crippen LogP contribution in [-0.4, -0.2) is 32.4 Å². The lowest BCUT2D eigenvalue weighted by molar-refractivity contribution is 0.0517. The Balaban J connectivity index is 2.63. The van der Waals surface area contributed by atoms with Crippen molar-refractivity contribution in [3.63, 3.8) is 0 Å². The maximum Gasteiger partial charge on any atom is 0.341 e. The number of carbonyl (C=O) groups is 1. The molecule has 0 atom stereocenters. The molecule has 1 aromatic carbocycles. The van der Waals surface area contributed by atoms with E-state index in [0.717, 1.165) is 6.42 Å². The second kappa shape index (κ2) is 8.37. The first kappa shape index (κ1) is 15.3. The molecule has 1 aromatic rings. The van der Waals surface area contributed by atoms with Gasteiger partial charge in [-0.15, -0.1) is 0 Å². The van der Waals surface area contributed by atoms with Crippen molar-refractivity contribution in [3.05, 3.63) is 23.8 Å². The number of hydrogen-bond donors (Lipinski definition) is 1. The van der Waals surface area contributed by atoms with Gasteiger partial charge in [0.1, 0.15) is 17.9 Å². The SMILES string of the molecule is CCCOCCOc1cc(N)ccc1C(=O)OCC. The number of esters is 1. The Morgan fingerprint density at radius 2 is 2.00 bits per heavy atom. The van der Waals surface area contributed by atoms with Crippen molar-refractivity contribution in [3.8, 4) is 5.75 Å². The Kier molecular flexibility index (Phi) is 6.74. The number of ether oxygens (including phenoxy) is 3. The summed E-state index contributed by atoms with van der Waals surface area (Å²) < 4.78 is 15.8. The van der Waals surface area contributed by atoms with E-state index in [1.54, 1.807) is 25.1 Å². The van der Waals surface area contributed by atoms with Gasteiger partial charge in [0.2, 0.25) is 0 Å². The molecule has 0 amide bonds. The number of anilines is 1. The van der Waals surface area contributed by atoms with Gasteiger partial charge in [0, 0.05) is 18.4 Å². The highest BCUT2D eigenvalue weighted by Gasteiger charge is 2.13. The van der Waals surface area contributed by atoms with Crippen molar-refractivity contribution in [2.45, 2.75) is 20.3 Å². The van der Waals surface area contributed by atoms with Crippen LogP contribution < -0.4 is 10.5 Å². The van der Waals surface area contributed by atoms with Crippen molar-refractivity contribution in [1.82, 2.24) is 0 Å². The lowest BCUT2D eigenvalue weighted by Gasteiger charge is -2.11. The predicted octanol–water partition coefficient (Wildman–Crippen LogP) is 2.25. The molecular weight excluding hydrogens is 246 g/mol. The van der Waals surface area contributed by atoms with E-state index in [-0.39, 0.29) is 0 Å². The van der Waals surface area contributed by atoms with Crippen LogP contribution in [0, 0.1) is 0 Å². The summed E-state index contributed by atoms with van der Waals surface area (Å²) in [5, 5.41) is 0. The number of benzene rings is 1. The van der Waals surface area contributed by atoms with Gasteiger partial charge in [-0.3, -0.25) is 0 Å². The van der Waals surface area contributed by atoms with E-state index in [0.29, 0.717) is 43.4 Å². The average Bonchev–Trinajstić information content (AvgIpc) is 2.39. The molecule has 0 aliphatic carbocycles. The van der Waals surface area contributed by atoms with Gasteiger partial charge < -0.3 is 19.9 Å². The van der Waals surface area contributed by atoms with E-state index in [1.807, 2.05) is 6.92 Å². The maximum atomic E-state index is 11.7. The fourth-order valence-corrected chi connectivity index (χ4v) is 1.49. The summed E-state index contributed by atoms with van der Waals surface area (Å²) in [6, 6.07) is 4.87. The Labute approximate surface area is 113 Å². The molecule has 0 heterocycles. The molecule has 0 bridgehead atoms. The molecule has 0 aromatic heterocycles. The molecule has 0 aliphatic heterocycles. The van der Waals surface area contributed by atoms with E-state index in [9.17, 15) is 4.79 Å². The standard InChI is InChI=1S/C14H21NO4/c1-3-7-17-8-9-19-13-10-11(15)5-6-12(13)14(16)18-4-2/h5-6,10H,3-4,7-9,15H2,1-2H3. The van der Waals surface area contributed by atoms with Crippen LogP contribution in [0.1, 0.15) is 30.6 Å². The van der Waals surface area contributed by atoms with Gasteiger partial charge in [-0.1, -0.05) is 6.92 Å². The van der Waals surface area contributed by atoms with Gasteiger partial charge in [0.15, 0.2) is 0 Å². The van der Waals surface area contributed by atoms with Crippen molar-refractivity contribution >= 4 is 11.7 Å². The van der Waals surface area contributed by atoms with Crippen LogP contribution >= 0.6 is 0 Å². The largest absolute Gasteiger partial charge is 0.490 e. The first-order valence-corrected chi connectivity index (χ1v) is 6.46. The highest BCUT2D eigenvalue weighted by molar-refractivity contribution is 5.93. The summed E-state index contributed by atoms with van der Waals surface area (Å²) >= 11 is 0. The summed E-state index contributed by atoms with van der Waals surface area (Å²) in [4.78, 5) is 11.7. The molecule has 0 spiro atoms. The van der Waals surface area contributed by atoms with Crippen LogP contribution in [0.5, 0.6) is 5.75 Å². The van der Waals surface area contributed by atoms with Gasteiger partial charge in [0.25, 0.3) is 0 Å². The number of nitrogen functional groups attached to an aromatic ring is 1. The highest BCUT2D eigenvalue weighted by atomic mass is 16.5. The third kappa shape index (κ3) is 5.18. The summed E-state index contributed by atoms with van der Waals surface area (Å²) in [5.74, 6) is 0.0190. The Morgan fingerprint density at radius 3 is 2.68 bits per heavy atom. The van der Waals surface area contributed by atoms with Crippen molar-refractivity contribution < 1.29 is 19.0 Å². The Bertz CT molecular complexity index is 406. The minimum atomic E-state index is -0.410. The quantitative estimate of drug-likeness (QED) is 0.444. The Hall–Kier alpha value is -1.75. The molecule has 0 aliphatic rings. The minimum Gasteiger partial charge on any atom is -0.490 e. The van der Waals surface area contributed by atoms with Crippen LogP contribution in [-0.2, 0) is 9.47 Å². The zero-order valence-electron chi connectivity index (χ0n) is 11.5. The van der Waals surface area contributed by atoms with Crippen molar-refractivity contribution in [2.24, 2.45) is 0 Å². The van der Waals surface area contributed by atoms with E-state index >= 15 is 0 Å². The molecular formula is C14H21NO4. The molecule has 0 fully saturated rings. The van der Waals surface area contributed by atoms with E-state index < -0.39 is 5.97 Å². The minimum absolute atomic E-state index is 0.322. The van der Waals surface area contributed by atoms with Crippen molar-refractivity contribution in [1.29, 1.82) is 0 Å². The Morgan fingerprint density at radius 1 is 1.21 bits per heavy atom. The smallest absolute Gasteiger partial charge is 0.341 e. The first-order valence-electron chi connectivity index (χ1n) is 6.46. The van der Waals surface area contributed by atoms with Crippen molar-refractivity contribution in [2.75, 3.05) is 32.2 Å². The lowest BCUT2D eigenvalue weighted by Crippen LogP contribution is -2.12. The van der Waals surface area contributed by atoms with Crippen LogP contribution in [0.2, 0.25) is 0 Å². The van der Waals surface area contributed by atoms with Gasteiger partial charge in [-0.2, -0.15) is 0 Å². The zero-order valence-corrected chi connectivity index (χ0v) is 11.5. The summed E-state index contributed by atoms with van der Waals surface area (Å²) in [5.41, 5.74) is 6.61. The molecule has 0 saturated heterocycles. The van der Waals surface area contributed by atoms with Crippen LogP contribution in [0.4, 0.5) is 5.69 Å².